The van der Waals surface area contributed by atoms with Gasteiger partial charge in [0.1, 0.15) is 0 Å². The van der Waals surface area contributed by atoms with Gasteiger partial charge in [0.05, 0.1) is 23.0 Å². The number of nitrogens with zero attached hydrogens (tertiary/aromatic N) is 5. The summed E-state index contributed by atoms with van der Waals surface area (Å²) in [5.41, 5.74) is 4.85. The van der Waals surface area contributed by atoms with Crippen LogP contribution in [0.1, 0.15) is 46.2 Å². The van der Waals surface area contributed by atoms with Gasteiger partial charge < -0.3 is 4.90 Å². The molecule has 2 unspecified atom stereocenters. The number of aryl methyl sites for hydroxylation is 1. The summed E-state index contributed by atoms with van der Waals surface area (Å²) < 4.78 is 1.96. The molecule has 3 aromatic heterocycles. The van der Waals surface area contributed by atoms with Crippen molar-refractivity contribution in [1.82, 2.24) is 24.5 Å². The molecule has 2 aliphatic rings. The van der Waals surface area contributed by atoms with Crippen LogP contribution in [0.3, 0.4) is 0 Å². The molecule has 5 rings (SSSR count). The molecule has 0 radical (unpaired) electrons. The molecule has 2 atom stereocenters. The largest absolute Gasteiger partial charge is 0.328 e. The molecule has 2 bridgehead atoms. The first-order chi connectivity index (χ1) is 11.7. The summed E-state index contributed by atoms with van der Waals surface area (Å²) in [7, 11) is 0. The lowest BCUT2D eigenvalue weighted by atomic mass is 9.98. The molecule has 24 heavy (non-hydrogen) atoms. The van der Waals surface area contributed by atoms with E-state index >= 15 is 0 Å². The van der Waals surface area contributed by atoms with Gasteiger partial charge in [0.2, 0.25) is 0 Å². The predicted molar refractivity (Wildman–Crippen MR) is 87.6 cm³/mol. The molecule has 1 saturated heterocycles. The van der Waals surface area contributed by atoms with E-state index in [0.29, 0.717) is 5.56 Å². The van der Waals surface area contributed by atoms with E-state index in [-0.39, 0.29) is 18.0 Å². The molecular weight excluding hydrogens is 302 g/mol. The van der Waals surface area contributed by atoms with Crippen LogP contribution in [0.4, 0.5) is 0 Å². The van der Waals surface area contributed by atoms with E-state index in [0.717, 1.165) is 36.2 Å². The van der Waals surface area contributed by atoms with E-state index < -0.39 is 0 Å². The average molecular weight is 319 g/mol. The molecule has 0 spiro atoms. The minimum absolute atomic E-state index is 0.0676. The highest BCUT2D eigenvalue weighted by Gasteiger charge is 2.44. The van der Waals surface area contributed by atoms with Gasteiger partial charge in [-0.2, -0.15) is 5.10 Å². The third-order valence-electron chi connectivity index (χ3n) is 5.17. The van der Waals surface area contributed by atoms with E-state index in [2.05, 4.69) is 15.1 Å². The van der Waals surface area contributed by atoms with Gasteiger partial charge in [0, 0.05) is 42.7 Å². The maximum atomic E-state index is 13.0. The van der Waals surface area contributed by atoms with Gasteiger partial charge in [-0.15, -0.1) is 0 Å². The molecule has 6 nitrogen and oxygen atoms in total. The highest BCUT2D eigenvalue weighted by Crippen LogP contribution is 2.44. The van der Waals surface area contributed by atoms with Crippen molar-refractivity contribution in [3.05, 3.63) is 59.3 Å². The van der Waals surface area contributed by atoms with Crippen molar-refractivity contribution in [2.75, 3.05) is 0 Å². The Balaban J connectivity index is 1.61. The summed E-state index contributed by atoms with van der Waals surface area (Å²) in [4.78, 5) is 23.6. The Morgan fingerprint density at radius 1 is 1.29 bits per heavy atom. The fourth-order valence-corrected chi connectivity index (χ4v) is 4.15. The topological polar surface area (TPSA) is 63.4 Å². The maximum Gasteiger partial charge on any atom is 0.256 e. The standard InChI is InChI=1S/C18H17N5O/c1-11-7-17-20-10-14-15-5-4-13(8-16(14)23(17)21-11)22(15)18(24)12-3-2-6-19-9-12/h2-3,6-7,9-10,13,15H,4-5,8H2,1H3. The van der Waals surface area contributed by atoms with Crippen LogP contribution in [-0.2, 0) is 6.42 Å². The zero-order valence-electron chi connectivity index (χ0n) is 13.4. The highest BCUT2D eigenvalue weighted by molar-refractivity contribution is 5.94. The third-order valence-corrected chi connectivity index (χ3v) is 5.17. The molecule has 2 aliphatic heterocycles. The van der Waals surface area contributed by atoms with E-state index in [9.17, 15) is 4.79 Å². The Bertz CT molecular complexity index is 949. The lowest BCUT2D eigenvalue weighted by Crippen LogP contribution is -2.42. The lowest BCUT2D eigenvalue weighted by Gasteiger charge is -2.36. The zero-order valence-corrected chi connectivity index (χ0v) is 13.4. The molecule has 0 N–H and O–H groups in total. The first-order valence-corrected chi connectivity index (χ1v) is 8.29. The average Bonchev–Trinajstić information content (AvgIpc) is 3.14. The Labute approximate surface area is 139 Å². The Morgan fingerprint density at radius 2 is 2.21 bits per heavy atom. The van der Waals surface area contributed by atoms with E-state index in [1.165, 1.54) is 5.69 Å². The van der Waals surface area contributed by atoms with Crippen molar-refractivity contribution in [3.63, 3.8) is 0 Å². The number of hydrogen-bond acceptors (Lipinski definition) is 4. The molecule has 6 heteroatoms. The Hall–Kier alpha value is -2.76. The SMILES string of the molecule is Cc1cc2ncc3c(n2n1)CC1CCC3N1C(=O)c1cccnc1. The summed E-state index contributed by atoms with van der Waals surface area (Å²) in [6.07, 6.45) is 8.11. The molecule has 1 fully saturated rings. The second kappa shape index (κ2) is 4.87. The van der Waals surface area contributed by atoms with Crippen LogP contribution in [0.5, 0.6) is 0 Å². The van der Waals surface area contributed by atoms with Crippen LogP contribution >= 0.6 is 0 Å². The molecule has 3 aromatic rings. The van der Waals surface area contributed by atoms with E-state index in [4.69, 9.17) is 0 Å². The summed E-state index contributed by atoms with van der Waals surface area (Å²) in [5, 5.41) is 4.59. The fraction of sp³-hybridized carbons (Fsp3) is 0.333. The summed E-state index contributed by atoms with van der Waals surface area (Å²) in [5.74, 6) is 0.0676. The number of rotatable bonds is 1. The molecule has 5 heterocycles. The minimum Gasteiger partial charge on any atom is -0.328 e. The predicted octanol–water partition coefficient (Wildman–Crippen LogP) is 2.33. The van der Waals surface area contributed by atoms with Gasteiger partial charge >= 0.3 is 0 Å². The highest BCUT2D eigenvalue weighted by atomic mass is 16.2. The van der Waals surface area contributed by atoms with Crippen molar-refractivity contribution in [3.8, 4) is 0 Å². The van der Waals surface area contributed by atoms with E-state index in [1.54, 1.807) is 12.4 Å². The second-order valence-electron chi connectivity index (χ2n) is 6.62. The van der Waals surface area contributed by atoms with Crippen LogP contribution in [0.2, 0.25) is 0 Å². The Morgan fingerprint density at radius 3 is 3.04 bits per heavy atom. The van der Waals surface area contributed by atoms with Gasteiger partial charge in [-0.25, -0.2) is 9.50 Å². The number of fused-ring (bicyclic) bond motifs is 6. The van der Waals surface area contributed by atoms with Crippen molar-refractivity contribution >= 4 is 11.6 Å². The molecule has 0 aromatic carbocycles. The quantitative estimate of drug-likeness (QED) is 0.690. The number of amides is 1. The van der Waals surface area contributed by atoms with Crippen LogP contribution in [0.15, 0.2) is 36.8 Å². The van der Waals surface area contributed by atoms with Crippen molar-refractivity contribution in [2.45, 2.75) is 38.3 Å². The third kappa shape index (κ3) is 1.82. The molecule has 0 aliphatic carbocycles. The van der Waals surface area contributed by atoms with Crippen molar-refractivity contribution < 1.29 is 4.79 Å². The first-order valence-electron chi connectivity index (χ1n) is 8.29. The van der Waals surface area contributed by atoms with Crippen LogP contribution in [-0.4, -0.2) is 36.4 Å². The summed E-state index contributed by atoms with van der Waals surface area (Å²) in [6, 6.07) is 5.96. The van der Waals surface area contributed by atoms with Gasteiger partial charge in [-0.1, -0.05) is 0 Å². The fourth-order valence-electron chi connectivity index (χ4n) is 4.15. The molecule has 0 saturated carbocycles. The number of carbonyl (C=O) groups is 1. The maximum absolute atomic E-state index is 13.0. The van der Waals surface area contributed by atoms with Gasteiger partial charge in [-0.3, -0.25) is 9.78 Å². The van der Waals surface area contributed by atoms with Crippen LogP contribution in [0.25, 0.3) is 5.65 Å². The number of hydrogen-bond donors (Lipinski definition) is 0. The minimum atomic E-state index is 0.0676. The molecular formula is C18H17N5O. The van der Waals surface area contributed by atoms with Crippen molar-refractivity contribution in [1.29, 1.82) is 0 Å². The lowest BCUT2D eigenvalue weighted by molar-refractivity contribution is 0.0642. The van der Waals surface area contributed by atoms with Crippen molar-refractivity contribution in [2.24, 2.45) is 0 Å². The monoisotopic (exact) mass is 319 g/mol. The van der Waals surface area contributed by atoms with Gasteiger partial charge in [-0.05, 0) is 31.9 Å². The Kier molecular flexibility index (Phi) is 2.77. The summed E-state index contributed by atoms with van der Waals surface area (Å²) in [6.45, 7) is 1.98. The number of aromatic nitrogens is 4. The number of pyridine rings is 1. The smallest absolute Gasteiger partial charge is 0.256 e. The van der Waals surface area contributed by atoms with Crippen LogP contribution < -0.4 is 0 Å². The van der Waals surface area contributed by atoms with Crippen LogP contribution in [0, 0.1) is 6.92 Å². The van der Waals surface area contributed by atoms with Gasteiger partial charge in [0.25, 0.3) is 5.91 Å². The molecule has 120 valence electrons. The van der Waals surface area contributed by atoms with E-state index in [1.807, 2.05) is 40.7 Å². The number of carbonyl (C=O) groups excluding carboxylic acids is 1. The zero-order chi connectivity index (χ0) is 16.3. The normalized spacial score (nSPS) is 22.0. The molecule has 1 amide bonds. The second-order valence-corrected chi connectivity index (χ2v) is 6.62. The summed E-state index contributed by atoms with van der Waals surface area (Å²) >= 11 is 0. The van der Waals surface area contributed by atoms with Gasteiger partial charge in [0.15, 0.2) is 5.65 Å². The first kappa shape index (κ1) is 13.7.